The lowest BCUT2D eigenvalue weighted by molar-refractivity contribution is -0.137. The first-order valence-corrected chi connectivity index (χ1v) is 5.68. The number of carbonyl (C=O) groups is 2. The summed E-state index contributed by atoms with van der Waals surface area (Å²) >= 11 is 0. The highest BCUT2D eigenvalue weighted by molar-refractivity contribution is 5.80. The molecule has 1 aromatic rings. The van der Waals surface area contributed by atoms with Gasteiger partial charge in [0.05, 0.1) is 0 Å². The van der Waals surface area contributed by atoms with Gasteiger partial charge in [-0.2, -0.15) is 4.98 Å². The molecule has 8 nitrogen and oxygen atoms in total. The number of hydrogen-bond acceptors (Lipinski definition) is 5. The first-order chi connectivity index (χ1) is 8.66. The highest BCUT2D eigenvalue weighted by Gasteiger charge is 2.33. The summed E-state index contributed by atoms with van der Waals surface area (Å²) in [6.45, 7) is 0.0833. The van der Waals surface area contributed by atoms with Crippen LogP contribution in [0.4, 0.5) is 4.79 Å². The van der Waals surface area contributed by atoms with Crippen molar-refractivity contribution in [3.8, 4) is 0 Å². The van der Waals surface area contributed by atoms with Crippen LogP contribution < -0.4 is 5.32 Å². The highest BCUT2D eigenvalue weighted by Crippen LogP contribution is 2.26. The Balaban J connectivity index is 1.76. The minimum absolute atomic E-state index is 0.0614. The molecule has 0 radical (unpaired) electrons. The van der Waals surface area contributed by atoms with Gasteiger partial charge in [0.15, 0.2) is 5.82 Å². The van der Waals surface area contributed by atoms with Crippen molar-refractivity contribution in [1.82, 2.24) is 20.4 Å². The van der Waals surface area contributed by atoms with Crippen molar-refractivity contribution in [2.75, 3.05) is 13.1 Å². The summed E-state index contributed by atoms with van der Waals surface area (Å²) in [4.78, 5) is 27.6. The molecular formula is C10H14N4O4. The molecule has 2 amide bonds. The molecular weight excluding hydrogens is 240 g/mol. The van der Waals surface area contributed by atoms with Crippen molar-refractivity contribution in [3.05, 3.63) is 12.2 Å². The lowest BCUT2D eigenvalue weighted by Gasteiger charge is -2.20. The predicted molar refractivity (Wildman–Crippen MR) is 58.8 cm³/mol. The van der Waals surface area contributed by atoms with Gasteiger partial charge in [0.25, 0.3) is 0 Å². The van der Waals surface area contributed by atoms with Crippen LogP contribution in [0, 0.1) is 0 Å². The van der Waals surface area contributed by atoms with Crippen molar-refractivity contribution in [2.45, 2.75) is 25.3 Å². The van der Waals surface area contributed by atoms with E-state index in [0.29, 0.717) is 18.8 Å². The van der Waals surface area contributed by atoms with Crippen LogP contribution >= 0.6 is 0 Å². The van der Waals surface area contributed by atoms with Crippen LogP contribution in [-0.4, -0.2) is 51.3 Å². The van der Waals surface area contributed by atoms with Crippen molar-refractivity contribution in [1.29, 1.82) is 0 Å². The summed E-state index contributed by atoms with van der Waals surface area (Å²) in [7, 11) is 0. The summed E-state index contributed by atoms with van der Waals surface area (Å²) in [6.07, 6.45) is 3.41. The van der Waals surface area contributed by atoms with Gasteiger partial charge in [0.1, 0.15) is 6.54 Å². The van der Waals surface area contributed by atoms with Crippen molar-refractivity contribution in [3.63, 3.8) is 0 Å². The van der Waals surface area contributed by atoms with Gasteiger partial charge in [-0.15, -0.1) is 0 Å². The van der Waals surface area contributed by atoms with Crippen LogP contribution in [0.3, 0.4) is 0 Å². The van der Waals surface area contributed by atoms with Gasteiger partial charge in [0.2, 0.25) is 6.39 Å². The van der Waals surface area contributed by atoms with E-state index in [-0.39, 0.29) is 18.6 Å². The van der Waals surface area contributed by atoms with E-state index < -0.39 is 5.97 Å². The second kappa shape index (κ2) is 5.48. The summed E-state index contributed by atoms with van der Waals surface area (Å²) in [6, 6.07) is -0.297. The molecule has 1 fully saturated rings. The molecule has 0 bridgehead atoms. The van der Waals surface area contributed by atoms with Crippen LogP contribution in [0.5, 0.6) is 0 Å². The van der Waals surface area contributed by atoms with E-state index in [1.54, 1.807) is 0 Å². The third kappa shape index (κ3) is 3.44. The third-order valence-electron chi connectivity index (χ3n) is 2.59. The number of urea groups is 1. The van der Waals surface area contributed by atoms with E-state index in [1.165, 1.54) is 11.3 Å². The number of hydrogen-bond donors (Lipinski definition) is 2. The van der Waals surface area contributed by atoms with Crippen molar-refractivity contribution in [2.24, 2.45) is 0 Å². The van der Waals surface area contributed by atoms with Gasteiger partial charge in [-0.25, -0.2) is 4.79 Å². The Morgan fingerprint density at radius 2 is 2.33 bits per heavy atom. The summed E-state index contributed by atoms with van der Waals surface area (Å²) in [5, 5.41) is 15.0. The monoisotopic (exact) mass is 254 g/mol. The molecule has 1 heterocycles. The normalized spacial score (nSPS) is 14.2. The zero-order valence-corrected chi connectivity index (χ0v) is 9.70. The number of carbonyl (C=O) groups excluding carboxylic acids is 1. The molecule has 1 aliphatic rings. The maximum Gasteiger partial charge on any atom is 0.323 e. The Morgan fingerprint density at radius 3 is 2.89 bits per heavy atom. The van der Waals surface area contributed by atoms with Crippen LogP contribution in [0.2, 0.25) is 0 Å². The molecule has 2 N–H and O–H groups in total. The second-order valence-corrected chi connectivity index (χ2v) is 4.08. The fourth-order valence-electron chi connectivity index (χ4n) is 1.58. The second-order valence-electron chi connectivity index (χ2n) is 4.08. The fourth-order valence-corrected chi connectivity index (χ4v) is 1.58. The number of carboxylic acids is 1. The Labute approximate surface area is 103 Å². The molecule has 1 aromatic heterocycles. The zero-order chi connectivity index (χ0) is 13.0. The summed E-state index contributed by atoms with van der Waals surface area (Å²) < 4.78 is 4.56. The number of nitrogens with one attached hydrogen (secondary N) is 1. The maximum atomic E-state index is 11.8. The molecule has 0 unspecified atom stereocenters. The first kappa shape index (κ1) is 12.3. The SMILES string of the molecule is O=C(O)CN(C(=O)NCCc1ncon1)C1CC1. The van der Waals surface area contributed by atoms with Gasteiger partial charge in [0, 0.05) is 19.0 Å². The Morgan fingerprint density at radius 1 is 1.56 bits per heavy atom. The van der Waals surface area contributed by atoms with E-state index in [1.807, 2.05) is 0 Å². The van der Waals surface area contributed by atoms with Crippen molar-refractivity contribution < 1.29 is 19.2 Å². The standard InChI is InChI=1S/C10H14N4O4/c15-9(16)5-14(7-1-2-7)10(17)11-4-3-8-12-6-18-13-8/h6-7H,1-5H2,(H,11,17)(H,15,16). The van der Waals surface area contributed by atoms with Gasteiger partial charge < -0.3 is 19.8 Å². The Hall–Kier alpha value is -2.12. The zero-order valence-electron chi connectivity index (χ0n) is 9.70. The Kier molecular flexibility index (Phi) is 3.75. The van der Waals surface area contributed by atoms with Crippen LogP contribution in [0.25, 0.3) is 0 Å². The largest absolute Gasteiger partial charge is 0.480 e. The van der Waals surface area contributed by atoms with E-state index in [9.17, 15) is 9.59 Å². The summed E-state index contributed by atoms with van der Waals surface area (Å²) in [5.41, 5.74) is 0. The van der Waals surface area contributed by atoms with Crippen molar-refractivity contribution >= 4 is 12.0 Å². The number of amides is 2. The molecule has 98 valence electrons. The first-order valence-electron chi connectivity index (χ1n) is 5.68. The van der Waals surface area contributed by atoms with Gasteiger partial charge in [-0.1, -0.05) is 5.16 Å². The smallest absolute Gasteiger partial charge is 0.323 e. The van der Waals surface area contributed by atoms with Crippen LogP contribution in [-0.2, 0) is 11.2 Å². The number of aliphatic carboxylic acids is 1. The fraction of sp³-hybridized carbons (Fsp3) is 0.600. The molecule has 1 saturated carbocycles. The number of rotatable bonds is 6. The van der Waals surface area contributed by atoms with E-state index >= 15 is 0 Å². The van der Waals surface area contributed by atoms with E-state index in [0.717, 1.165) is 12.8 Å². The molecule has 2 rings (SSSR count). The lowest BCUT2D eigenvalue weighted by atomic mass is 10.4. The van der Waals surface area contributed by atoms with E-state index in [2.05, 4.69) is 20.0 Å². The summed E-state index contributed by atoms with van der Waals surface area (Å²) in [5.74, 6) is -0.498. The minimum Gasteiger partial charge on any atom is -0.480 e. The molecule has 0 aliphatic heterocycles. The predicted octanol–water partition coefficient (Wildman–Crippen LogP) is -0.129. The van der Waals surface area contributed by atoms with Crippen LogP contribution in [0.1, 0.15) is 18.7 Å². The molecule has 0 aromatic carbocycles. The lowest BCUT2D eigenvalue weighted by Crippen LogP contribution is -2.44. The third-order valence-corrected chi connectivity index (χ3v) is 2.59. The van der Waals surface area contributed by atoms with E-state index in [4.69, 9.17) is 5.11 Å². The number of aromatic nitrogens is 2. The average molecular weight is 254 g/mol. The quantitative estimate of drug-likeness (QED) is 0.732. The Bertz CT molecular complexity index is 416. The average Bonchev–Trinajstić information content (AvgIpc) is 3.03. The van der Waals surface area contributed by atoms with Gasteiger partial charge in [-0.3, -0.25) is 4.79 Å². The minimum atomic E-state index is -1.00. The maximum absolute atomic E-state index is 11.8. The van der Waals surface area contributed by atoms with Gasteiger partial charge >= 0.3 is 12.0 Å². The number of carboxylic acid groups (broad SMARTS) is 1. The molecule has 0 saturated heterocycles. The number of nitrogens with zero attached hydrogens (tertiary/aromatic N) is 3. The topological polar surface area (TPSA) is 109 Å². The molecule has 0 atom stereocenters. The molecule has 1 aliphatic carbocycles. The van der Waals surface area contributed by atoms with Gasteiger partial charge in [-0.05, 0) is 12.8 Å². The molecule has 8 heteroatoms. The molecule has 0 spiro atoms. The molecule has 18 heavy (non-hydrogen) atoms. The van der Waals surface area contributed by atoms with Crippen LogP contribution in [0.15, 0.2) is 10.9 Å². The highest BCUT2D eigenvalue weighted by atomic mass is 16.5.